The van der Waals surface area contributed by atoms with Gasteiger partial charge in [-0.25, -0.2) is 8.42 Å². The molecule has 8 nitrogen and oxygen atoms in total. The third-order valence-corrected chi connectivity index (χ3v) is 9.03. The molecule has 4 rings (SSSR count). The maximum atomic E-state index is 13.1. The number of sulfonamides is 1. The van der Waals surface area contributed by atoms with Crippen LogP contribution in [0.4, 0.5) is 0 Å². The molecule has 2 heterocycles. The number of nitrogens with zero attached hydrogens (tertiary/aromatic N) is 3. The minimum Gasteiger partial charge on any atom is -0.495 e. The van der Waals surface area contributed by atoms with Gasteiger partial charge in [-0.2, -0.15) is 9.30 Å². The summed E-state index contributed by atoms with van der Waals surface area (Å²) in [5.74, 6) is 0.320. The maximum Gasteiger partial charge on any atom is 0.279 e. The summed E-state index contributed by atoms with van der Waals surface area (Å²) in [6.45, 7) is 9.10. The number of aromatic nitrogens is 1. The van der Waals surface area contributed by atoms with Gasteiger partial charge in [0.05, 0.1) is 28.9 Å². The van der Waals surface area contributed by atoms with Gasteiger partial charge < -0.3 is 14.0 Å². The normalized spacial score (nSPS) is 19.9. The van der Waals surface area contributed by atoms with Crippen molar-refractivity contribution in [1.29, 1.82) is 0 Å². The minimum atomic E-state index is -3.68. The number of morpholine rings is 1. The van der Waals surface area contributed by atoms with Gasteiger partial charge in [0.15, 0.2) is 4.80 Å². The van der Waals surface area contributed by atoms with E-state index in [1.165, 1.54) is 39.9 Å². The number of methoxy groups -OCH3 is 1. The fourth-order valence-corrected chi connectivity index (χ4v) is 7.09. The van der Waals surface area contributed by atoms with Crippen LogP contribution in [-0.4, -0.2) is 55.6 Å². The molecule has 1 aromatic heterocycles. The Kier molecular flexibility index (Phi) is 7.46. The largest absolute Gasteiger partial charge is 0.495 e. The van der Waals surface area contributed by atoms with Crippen LogP contribution in [0.1, 0.15) is 43.1 Å². The zero-order chi connectivity index (χ0) is 25.3. The van der Waals surface area contributed by atoms with Crippen molar-refractivity contribution in [3.8, 4) is 5.75 Å². The lowest BCUT2D eigenvalue weighted by Gasteiger charge is -2.34. The lowest BCUT2D eigenvalue weighted by atomic mass is 10.2. The molecule has 2 atom stereocenters. The molecule has 1 amide bonds. The van der Waals surface area contributed by atoms with Crippen molar-refractivity contribution in [3.05, 3.63) is 52.3 Å². The van der Waals surface area contributed by atoms with Gasteiger partial charge in [-0.3, -0.25) is 4.79 Å². The summed E-state index contributed by atoms with van der Waals surface area (Å²) in [7, 11) is -2.04. The molecule has 1 fully saturated rings. The molecule has 0 saturated carbocycles. The van der Waals surface area contributed by atoms with Crippen LogP contribution in [0.3, 0.4) is 0 Å². The number of ether oxygens (including phenoxy) is 2. The van der Waals surface area contributed by atoms with E-state index < -0.39 is 15.9 Å². The Balaban J connectivity index is 1.68. The van der Waals surface area contributed by atoms with Gasteiger partial charge >= 0.3 is 0 Å². The van der Waals surface area contributed by atoms with E-state index in [0.29, 0.717) is 30.0 Å². The van der Waals surface area contributed by atoms with Crippen molar-refractivity contribution in [3.63, 3.8) is 0 Å². The van der Waals surface area contributed by atoms with Crippen molar-refractivity contribution in [2.75, 3.05) is 20.2 Å². The molecular weight excluding hydrogens is 486 g/mol. The van der Waals surface area contributed by atoms with Crippen LogP contribution in [0.25, 0.3) is 10.2 Å². The molecule has 0 N–H and O–H groups in total. The number of amides is 1. The number of hydrogen-bond acceptors (Lipinski definition) is 6. The molecule has 1 saturated heterocycles. The number of benzene rings is 2. The van der Waals surface area contributed by atoms with E-state index in [1.54, 1.807) is 7.11 Å². The summed E-state index contributed by atoms with van der Waals surface area (Å²) >= 11 is 1.45. The van der Waals surface area contributed by atoms with Crippen LogP contribution in [0.2, 0.25) is 0 Å². The number of carbonyl (C=O) groups is 1. The monoisotopic (exact) mass is 517 g/mol. The highest BCUT2D eigenvalue weighted by molar-refractivity contribution is 7.89. The van der Waals surface area contributed by atoms with E-state index in [0.717, 1.165) is 28.0 Å². The average molecular weight is 518 g/mol. The molecule has 3 aromatic rings. The zero-order valence-corrected chi connectivity index (χ0v) is 22.3. The van der Waals surface area contributed by atoms with Crippen molar-refractivity contribution in [1.82, 2.24) is 8.87 Å². The SMILES string of the molecule is CCCn1c(=NC(=O)c2ccc(S(=O)(=O)N3CC(C)OC(C)C3)cc2)sc2c(C)ccc(OC)c21. The van der Waals surface area contributed by atoms with Crippen LogP contribution < -0.4 is 9.54 Å². The second-order valence-electron chi connectivity index (χ2n) is 8.82. The molecule has 2 aromatic carbocycles. The van der Waals surface area contributed by atoms with Crippen molar-refractivity contribution < 1.29 is 22.7 Å². The third kappa shape index (κ3) is 5.06. The second-order valence-corrected chi connectivity index (χ2v) is 11.7. The Morgan fingerprint density at radius 3 is 2.40 bits per heavy atom. The van der Waals surface area contributed by atoms with Gasteiger partial charge in [-0.05, 0) is 63.1 Å². The highest BCUT2D eigenvalue weighted by Gasteiger charge is 2.32. The van der Waals surface area contributed by atoms with E-state index in [9.17, 15) is 13.2 Å². The highest BCUT2D eigenvalue weighted by Crippen LogP contribution is 2.30. The predicted molar refractivity (Wildman–Crippen MR) is 136 cm³/mol. The van der Waals surface area contributed by atoms with Crippen LogP contribution in [-0.2, 0) is 21.3 Å². The number of carbonyl (C=O) groups excluding carboxylic acids is 1. The first-order chi connectivity index (χ1) is 16.6. The first kappa shape index (κ1) is 25.6. The Morgan fingerprint density at radius 1 is 1.14 bits per heavy atom. The van der Waals surface area contributed by atoms with Crippen LogP contribution >= 0.6 is 11.3 Å². The van der Waals surface area contributed by atoms with Crippen LogP contribution in [0, 0.1) is 6.92 Å². The van der Waals surface area contributed by atoms with Crippen molar-refractivity contribution in [2.45, 2.75) is 57.8 Å². The van der Waals surface area contributed by atoms with E-state index in [1.807, 2.05) is 37.5 Å². The summed E-state index contributed by atoms with van der Waals surface area (Å²) in [4.78, 5) is 18.2. The quantitative estimate of drug-likeness (QED) is 0.494. The summed E-state index contributed by atoms with van der Waals surface area (Å²) in [6.07, 6.45) is 0.522. The zero-order valence-electron chi connectivity index (χ0n) is 20.6. The number of fused-ring (bicyclic) bond motifs is 1. The Morgan fingerprint density at radius 2 is 1.80 bits per heavy atom. The van der Waals surface area contributed by atoms with E-state index in [2.05, 4.69) is 11.9 Å². The Labute approximate surface area is 209 Å². The number of aryl methyl sites for hydroxylation is 2. The molecule has 10 heteroatoms. The van der Waals surface area contributed by atoms with Gasteiger partial charge in [-0.15, -0.1) is 0 Å². The number of thiazole rings is 1. The molecule has 0 aliphatic carbocycles. The summed E-state index contributed by atoms with van der Waals surface area (Å²) in [6, 6.07) is 9.92. The Bertz CT molecular complexity index is 1400. The lowest BCUT2D eigenvalue weighted by molar-refractivity contribution is -0.0440. The maximum absolute atomic E-state index is 13.1. The molecular formula is C25H31N3O5S2. The van der Waals surface area contributed by atoms with Gasteiger partial charge in [0, 0.05) is 25.2 Å². The molecule has 0 bridgehead atoms. The molecule has 0 spiro atoms. The van der Waals surface area contributed by atoms with Gasteiger partial charge in [0.25, 0.3) is 5.91 Å². The Hall–Kier alpha value is -2.53. The smallest absolute Gasteiger partial charge is 0.279 e. The highest BCUT2D eigenvalue weighted by atomic mass is 32.2. The topological polar surface area (TPSA) is 90.2 Å². The van der Waals surface area contributed by atoms with Gasteiger partial charge in [0.2, 0.25) is 10.0 Å². The second kappa shape index (κ2) is 10.2. The summed E-state index contributed by atoms with van der Waals surface area (Å²) in [5, 5.41) is 0. The van der Waals surface area contributed by atoms with Gasteiger partial charge in [-0.1, -0.05) is 24.3 Å². The summed E-state index contributed by atoms with van der Waals surface area (Å²) < 4.78 is 41.9. The van der Waals surface area contributed by atoms with E-state index in [-0.39, 0.29) is 17.1 Å². The number of rotatable bonds is 6. The predicted octanol–water partition coefficient (Wildman–Crippen LogP) is 3.97. The van der Waals surface area contributed by atoms with Crippen LogP contribution in [0.5, 0.6) is 5.75 Å². The first-order valence-corrected chi connectivity index (χ1v) is 13.9. The molecule has 35 heavy (non-hydrogen) atoms. The first-order valence-electron chi connectivity index (χ1n) is 11.7. The molecule has 188 valence electrons. The van der Waals surface area contributed by atoms with E-state index >= 15 is 0 Å². The van der Waals surface area contributed by atoms with Gasteiger partial charge in [0.1, 0.15) is 11.3 Å². The van der Waals surface area contributed by atoms with Crippen LogP contribution in [0.15, 0.2) is 46.3 Å². The summed E-state index contributed by atoms with van der Waals surface area (Å²) in [5.41, 5.74) is 2.35. The minimum absolute atomic E-state index is 0.152. The standard InChI is InChI=1S/C25H31N3O5S2/c1-6-13-28-22-21(32-5)12-7-16(2)23(22)34-25(28)26-24(29)19-8-10-20(11-9-19)35(30,31)27-14-17(3)33-18(4)15-27/h7-12,17-18H,6,13-15H2,1-5H3. The van der Waals surface area contributed by atoms with Crippen molar-refractivity contribution in [2.24, 2.45) is 4.99 Å². The van der Waals surface area contributed by atoms with Crippen molar-refractivity contribution >= 4 is 37.5 Å². The molecule has 0 radical (unpaired) electrons. The fraction of sp³-hybridized carbons (Fsp3) is 0.440. The number of hydrogen-bond donors (Lipinski definition) is 0. The molecule has 2 unspecified atom stereocenters. The fourth-order valence-electron chi connectivity index (χ4n) is 4.36. The molecule has 1 aliphatic heterocycles. The molecule has 1 aliphatic rings. The average Bonchev–Trinajstić information content (AvgIpc) is 3.18. The lowest BCUT2D eigenvalue weighted by Crippen LogP contribution is -2.48. The third-order valence-electron chi connectivity index (χ3n) is 5.97. The van der Waals surface area contributed by atoms with E-state index in [4.69, 9.17) is 9.47 Å².